The fraction of sp³-hybridized carbons (Fsp3) is 0.0702. The lowest BCUT2D eigenvalue weighted by Crippen LogP contribution is -2.18. The van der Waals surface area contributed by atoms with E-state index in [-0.39, 0.29) is 0 Å². The predicted octanol–water partition coefficient (Wildman–Crippen LogP) is 14.5. The van der Waals surface area contributed by atoms with E-state index in [9.17, 15) is 0 Å². The van der Waals surface area contributed by atoms with Crippen molar-refractivity contribution in [1.29, 1.82) is 0 Å². The molecule has 11 rings (SSSR count). The van der Waals surface area contributed by atoms with Crippen LogP contribution >= 0.6 is 0 Å². The lowest BCUT2D eigenvalue weighted by Gasteiger charge is -2.33. The molecule has 4 heteroatoms. The number of nitrogens with zero attached hydrogens (tertiary/aromatic N) is 4. The fourth-order valence-electron chi connectivity index (χ4n) is 9.21. The van der Waals surface area contributed by atoms with Gasteiger partial charge in [0, 0.05) is 64.9 Å². The van der Waals surface area contributed by atoms with Crippen LogP contribution in [0.2, 0.25) is 0 Å². The molecule has 0 spiro atoms. The van der Waals surface area contributed by atoms with E-state index in [1.54, 1.807) is 0 Å². The summed E-state index contributed by atoms with van der Waals surface area (Å²) in [5.74, 6) is 7.45. The largest absolute Gasteiger partial charge is 0.320 e. The average molecular weight is 783 g/mol. The summed E-state index contributed by atoms with van der Waals surface area (Å²) < 4.78 is 4.70. The van der Waals surface area contributed by atoms with Crippen molar-refractivity contribution in [2.75, 3.05) is 4.90 Å². The topological polar surface area (TPSA) is 26.0 Å². The van der Waals surface area contributed by atoms with Crippen LogP contribution in [0.3, 0.4) is 0 Å². The Hall–Kier alpha value is -7.87. The lowest BCUT2D eigenvalue weighted by molar-refractivity contribution is 0.860. The Kier molecular flexibility index (Phi) is 9.13. The molecular weight excluding hydrogens is 741 g/mol. The summed E-state index contributed by atoms with van der Waals surface area (Å²) in [6.07, 6.45) is 15.0. The maximum atomic E-state index is 5.28. The van der Waals surface area contributed by atoms with Crippen LogP contribution in [0.5, 0.6) is 0 Å². The highest BCUT2D eigenvalue weighted by Gasteiger charge is 2.24. The number of rotatable bonds is 8. The highest BCUT2D eigenvalue weighted by Crippen LogP contribution is 2.45. The van der Waals surface area contributed by atoms with Crippen molar-refractivity contribution < 1.29 is 0 Å². The minimum absolute atomic E-state index is 0.677. The van der Waals surface area contributed by atoms with E-state index in [0.717, 1.165) is 75.3 Å². The van der Waals surface area contributed by atoms with Crippen LogP contribution in [0.25, 0.3) is 72.2 Å². The van der Waals surface area contributed by atoms with Crippen molar-refractivity contribution in [2.45, 2.75) is 25.8 Å². The Labute approximate surface area is 356 Å². The van der Waals surface area contributed by atoms with Gasteiger partial charge in [0.15, 0.2) is 0 Å². The van der Waals surface area contributed by atoms with Gasteiger partial charge in [-0.1, -0.05) is 128 Å². The fourth-order valence-corrected chi connectivity index (χ4v) is 9.21. The van der Waals surface area contributed by atoms with E-state index < -0.39 is 0 Å². The maximum absolute atomic E-state index is 5.28. The highest BCUT2D eigenvalue weighted by molar-refractivity contribution is 6.11. The van der Waals surface area contributed by atoms with Gasteiger partial charge in [-0.3, -0.25) is 0 Å². The maximum Gasteiger partial charge on any atom is 0.141 e. The molecule has 4 nitrogen and oxygen atoms in total. The number of benzene rings is 7. The standard InChI is InChI=1S/C57H42N4/c1-2-3-17-34-59-56-27-16-12-23-51(56)58-57(59)46-37-44(40-28-31-48(32-29-40)60-52-24-13-9-18-42(52)35-43-19-10-14-25-53(43)60)36-45(38-46)41-30-33-55-50(39-41)49-22-11-15-26-54(49)61(55)47-20-7-5-4-6-8-21-47/h2-3,7,9-33,36-39H,1,5,8,34-35H2/b17-3-,20-7-,47-21+. The third-order valence-electron chi connectivity index (χ3n) is 12.0. The number of allylic oxidation sites excluding steroid dienone is 7. The van der Waals surface area contributed by atoms with Crippen molar-refractivity contribution >= 4 is 55.6 Å². The number of imidazole rings is 1. The molecule has 0 N–H and O–H groups in total. The predicted molar refractivity (Wildman–Crippen MR) is 256 cm³/mol. The van der Waals surface area contributed by atoms with Crippen LogP contribution in [0.1, 0.15) is 24.0 Å². The molecule has 290 valence electrons. The zero-order valence-corrected chi connectivity index (χ0v) is 33.8. The van der Waals surface area contributed by atoms with E-state index in [0.29, 0.717) is 6.54 Å². The van der Waals surface area contributed by atoms with Gasteiger partial charge in [0.05, 0.1) is 22.1 Å². The number of hydrogen-bond acceptors (Lipinski definition) is 2. The third kappa shape index (κ3) is 6.49. The SMILES string of the molecule is C=C/C=C\Cn1c(-c2cc(-c3ccc(N4c5ccccc5Cc5ccccc54)cc3)cc(-c3ccc4c(c3)c3ccccc3n4C3=C/CC#CC/C=C\3)c2)nc2ccccc21. The molecule has 2 aromatic heterocycles. The van der Waals surface area contributed by atoms with Crippen LogP contribution in [-0.2, 0) is 13.0 Å². The van der Waals surface area contributed by atoms with Gasteiger partial charge in [-0.25, -0.2) is 4.98 Å². The number of para-hydroxylation sites is 5. The molecule has 0 atom stereocenters. The minimum Gasteiger partial charge on any atom is -0.320 e. The third-order valence-corrected chi connectivity index (χ3v) is 12.0. The van der Waals surface area contributed by atoms with Gasteiger partial charge in [-0.15, -0.1) is 0 Å². The number of hydrogen-bond donors (Lipinski definition) is 0. The van der Waals surface area contributed by atoms with Crippen LogP contribution in [0, 0.1) is 11.8 Å². The molecule has 0 radical (unpaired) electrons. The molecule has 0 bridgehead atoms. The smallest absolute Gasteiger partial charge is 0.141 e. The van der Waals surface area contributed by atoms with Crippen LogP contribution in [0.4, 0.5) is 17.1 Å². The second-order valence-electron chi connectivity index (χ2n) is 15.7. The molecule has 9 aromatic rings. The molecule has 1 aliphatic heterocycles. The number of anilines is 3. The first-order valence-corrected chi connectivity index (χ1v) is 21.0. The molecule has 0 amide bonds. The first-order chi connectivity index (χ1) is 30.2. The molecule has 0 saturated heterocycles. The summed E-state index contributed by atoms with van der Waals surface area (Å²) in [7, 11) is 0. The minimum atomic E-state index is 0.677. The first-order valence-electron chi connectivity index (χ1n) is 21.0. The average Bonchev–Trinajstić information content (AvgIpc) is 3.84. The molecule has 7 aromatic carbocycles. The van der Waals surface area contributed by atoms with Crippen molar-refractivity contribution in [2.24, 2.45) is 0 Å². The molecule has 61 heavy (non-hydrogen) atoms. The second kappa shape index (κ2) is 15.4. The highest BCUT2D eigenvalue weighted by atomic mass is 15.2. The Balaban J connectivity index is 1.08. The van der Waals surface area contributed by atoms with Gasteiger partial charge in [-0.2, -0.15) is 0 Å². The first kappa shape index (κ1) is 36.2. The summed E-state index contributed by atoms with van der Waals surface area (Å²) in [5, 5.41) is 2.45. The Morgan fingerprint density at radius 2 is 1.25 bits per heavy atom. The van der Waals surface area contributed by atoms with E-state index in [2.05, 4.69) is 214 Å². The van der Waals surface area contributed by atoms with Crippen molar-refractivity contribution in [3.63, 3.8) is 0 Å². The van der Waals surface area contributed by atoms with Gasteiger partial charge in [0.25, 0.3) is 0 Å². The quantitative estimate of drug-likeness (QED) is 0.113. The second-order valence-corrected chi connectivity index (χ2v) is 15.7. The molecule has 0 fully saturated rings. The van der Waals surface area contributed by atoms with Gasteiger partial charge in [-0.05, 0) is 118 Å². The van der Waals surface area contributed by atoms with Gasteiger partial charge in [0.1, 0.15) is 5.82 Å². The van der Waals surface area contributed by atoms with Crippen molar-refractivity contribution in [3.8, 4) is 45.5 Å². The number of aromatic nitrogens is 3. The molecule has 2 aliphatic rings. The summed E-state index contributed by atoms with van der Waals surface area (Å²) in [4.78, 5) is 7.68. The lowest BCUT2D eigenvalue weighted by atomic mass is 9.93. The van der Waals surface area contributed by atoms with E-state index in [4.69, 9.17) is 4.98 Å². The Morgan fingerprint density at radius 3 is 2.05 bits per heavy atom. The Bertz CT molecular complexity index is 3290. The van der Waals surface area contributed by atoms with E-state index >= 15 is 0 Å². The Morgan fingerprint density at radius 1 is 0.590 bits per heavy atom. The molecule has 0 saturated carbocycles. The van der Waals surface area contributed by atoms with Gasteiger partial charge >= 0.3 is 0 Å². The zero-order chi connectivity index (χ0) is 40.7. The van der Waals surface area contributed by atoms with E-state index in [1.165, 1.54) is 44.3 Å². The van der Waals surface area contributed by atoms with Crippen LogP contribution in [-0.4, -0.2) is 14.1 Å². The molecular formula is C57H42N4. The van der Waals surface area contributed by atoms with Crippen LogP contribution < -0.4 is 4.90 Å². The van der Waals surface area contributed by atoms with Crippen LogP contribution in [0.15, 0.2) is 201 Å². The molecule has 3 heterocycles. The molecule has 1 aliphatic carbocycles. The van der Waals surface area contributed by atoms with Crippen molar-refractivity contribution in [3.05, 3.63) is 212 Å². The normalized spacial score (nSPS) is 14.8. The summed E-state index contributed by atoms with van der Waals surface area (Å²) >= 11 is 0. The summed E-state index contributed by atoms with van der Waals surface area (Å²) in [5.41, 5.74) is 17.5. The van der Waals surface area contributed by atoms with Gasteiger partial charge in [0.2, 0.25) is 0 Å². The van der Waals surface area contributed by atoms with E-state index in [1.807, 2.05) is 12.2 Å². The monoisotopic (exact) mass is 782 g/mol. The van der Waals surface area contributed by atoms with Crippen molar-refractivity contribution in [1.82, 2.24) is 14.1 Å². The summed E-state index contributed by atoms with van der Waals surface area (Å²) in [6, 6.07) is 57.6. The summed E-state index contributed by atoms with van der Waals surface area (Å²) in [6.45, 7) is 4.60. The zero-order valence-electron chi connectivity index (χ0n) is 33.8. The molecule has 0 unspecified atom stereocenters. The number of fused-ring (bicyclic) bond motifs is 6. The van der Waals surface area contributed by atoms with Gasteiger partial charge < -0.3 is 14.0 Å².